The van der Waals surface area contributed by atoms with Crippen molar-refractivity contribution in [2.24, 2.45) is 11.8 Å². The van der Waals surface area contributed by atoms with Gasteiger partial charge in [0.05, 0.1) is 23.6 Å². The molecule has 4 rings (SSSR count). The largest absolute Gasteiger partial charge is 0.417 e. The van der Waals surface area contributed by atoms with Crippen molar-refractivity contribution in [3.63, 3.8) is 0 Å². The summed E-state index contributed by atoms with van der Waals surface area (Å²) in [7, 11) is 0. The fourth-order valence-electron chi connectivity index (χ4n) is 4.35. The van der Waals surface area contributed by atoms with Gasteiger partial charge in [0.1, 0.15) is 0 Å². The molecule has 24 heavy (non-hydrogen) atoms. The number of hydrogen-bond donors (Lipinski definition) is 0. The fraction of sp³-hybridized carbons (Fsp3) is 0.529. The maximum Gasteiger partial charge on any atom is 0.417 e. The standard InChI is InChI=1S/C17H18F3N3O/c1-10(24)22-6-12-2-11(3-13(12)7-22)15-4-14(17(18,19)20)8-23-9-21-5-16(15)23/h4-5,8-9,11-13H,2-3,6-7H2,1H3/t11?,12-,13+. The number of halogens is 3. The van der Waals surface area contributed by atoms with Crippen molar-refractivity contribution in [3.05, 3.63) is 35.9 Å². The van der Waals surface area contributed by atoms with Crippen LogP contribution in [0, 0.1) is 11.8 Å². The van der Waals surface area contributed by atoms with Gasteiger partial charge in [0.15, 0.2) is 0 Å². The van der Waals surface area contributed by atoms with Crippen LogP contribution < -0.4 is 0 Å². The number of fused-ring (bicyclic) bond motifs is 2. The van der Waals surface area contributed by atoms with Crippen molar-refractivity contribution in [2.75, 3.05) is 13.1 Å². The molecule has 3 heterocycles. The van der Waals surface area contributed by atoms with Gasteiger partial charge in [-0.1, -0.05) is 0 Å². The van der Waals surface area contributed by atoms with E-state index in [1.165, 1.54) is 16.8 Å². The maximum absolute atomic E-state index is 13.2. The van der Waals surface area contributed by atoms with Gasteiger partial charge in [-0.25, -0.2) is 4.98 Å². The average Bonchev–Trinajstić information content (AvgIpc) is 3.18. The first-order valence-corrected chi connectivity index (χ1v) is 8.11. The van der Waals surface area contributed by atoms with Crippen molar-refractivity contribution in [3.8, 4) is 0 Å². The monoisotopic (exact) mass is 337 g/mol. The molecule has 1 amide bonds. The van der Waals surface area contributed by atoms with E-state index in [0.29, 0.717) is 11.8 Å². The summed E-state index contributed by atoms with van der Waals surface area (Å²) in [5.41, 5.74) is 0.841. The van der Waals surface area contributed by atoms with E-state index in [-0.39, 0.29) is 11.8 Å². The van der Waals surface area contributed by atoms with Crippen LogP contribution in [-0.4, -0.2) is 33.3 Å². The molecule has 0 spiro atoms. The molecule has 1 saturated carbocycles. The Balaban J connectivity index is 1.66. The van der Waals surface area contributed by atoms with Crippen LogP contribution in [0.25, 0.3) is 5.52 Å². The molecular formula is C17H18F3N3O. The van der Waals surface area contributed by atoms with Gasteiger partial charge >= 0.3 is 6.18 Å². The molecule has 7 heteroatoms. The summed E-state index contributed by atoms with van der Waals surface area (Å²) in [6.45, 7) is 3.02. The highest BCUT2D eigenvalue weighted by molar-refractivity contribution is 5.73. The van der Waals surface area contributed by atoms with Crippen molar-refractivity contribution in [1.29, 1.82) is 0 Å². The number of carbonyl (C=O) groups is 1. The zero-order chi connectivity index (χ0) is 17.1. The molecule has 1 unspecified atom stereocenters. The molecule has 128 valence electrons. The third-order valence-electron chi connectivity index (χ3n) is 5.51. The molecule has 0 radical (unpaired) electrons. The van der Waals surface area contributed by atoms with Gasteiger partial charge in [-0.05, 0) is 42.2 Å². The van der Waals surface area contributed by atoms with Crippen LogP contribution in [0.3, 0.4) is 0 Å². The maximum atomic E-state index is 13.2. The van der Waals surface area contributed by atoms with E-state index in [1.54, 1.807) is 13.1 Å². The summed E-state index contributed by atoms with van der Waals surface area (Å²) >= 11 is 0. The predicted octanol–water partition coefficient (Wildman–Crippen LogP) is 3.33. The normalized spacial score (nSPS) is 27.0. The van der Waals surface area contributed by atoms with Crippen molar-refractivity contribution >= 4 is 11.4 Å². The number of amides is 1. The molecular weight excluding hydrogens is 319 g/mol. The van der Waals surface area contributed by atoms with E-state index < -0.39 is 11.7 Å². The number of hydrogen-bond acceptors (Lipinski definition) is 2. The Kier molecular flexibility index (Phi) is 3.37. The minimum absolute atomic E-state index is 0.0817. The second-order valence-electron chi connectivity index (χ2n) is 6.98. The lowest BCUT2D eigenvalue weighted by molar-refractivity contribution is -0.138. The molecule has 3 atom stereocenters. The highest BCUT2D eigenvalue weighted by atomic mass is 19.4. The quantitative estimate of drug-likeness (QED) is 0.800. The van der Waals surface area contributed by atoms with E-state index in [0.717, 1.165) is 43.2 Å². The van der Waals surface area contributed by atoms with E-state index >= 15 is 0 Å². The Labute approximate surface area is 137 Å². The van der Waals surface area contributed by atoms with Gasteiger partial charge < -0.3 is 9.30 Å². The first-order valence-electron chi connectivity index (χ1n) is 8.11. The van der Waals surface area contributed by atoms with Crippen LogP contribution in [0.2, 0.25) is 0 Å². The summed E-state index contributed by atoms with van der Waals surface area (Å²) in [6.07, 6.45) is 1.44. The number of pyridine rings is 1. The number of carbonyl (C=O) groups excluding carboxylic acids is 1. The highest BCUT2D eigenvalue weighted by Crippen LogP contribution is 2.47. The summed E-state index contributed by atoms with van der Waals surface area (Å²) in [5.74, 6) is 0.946. The van der Waals surface area contributed by atoms with Crippen LogP contribution in [0.5, 0.6) is 0 Å². The van der Waals surface area contributed by atoms with Crippen LogP contribution in [-0.2, 0) is 11.0 Å². The third kappa shape index (κ3) is 2.46. The minimum atomic E-state index is -4.37. The van der Waals surface area contributed by atoms with Crippen molar-refractivity contribution in [1.82, 2.24) is 14.3 Å². The van der Waals surface area contributed by atoms with Gasteiger partial charge in [-0.2, -0.15) is 13.2 Å². The van der Waals surface area contributed by atoms with Crippen LogP contribution in [0.4, 0.5) is 13.2 Å². The molecule has 0 aromatic carbocycles. The van der Waals surface area contributed by atoms with Crippen LogP contribution >= 0.6 is 0 Å². The average molecular weight is 337 g/mol. The van der Waals surface area contributed by atoms with Gasteiger partial charge in [0.25, 0.3) is 0 Å². The predicted molar refractivity (Wildman–Crippen MR) is 81.4 cm³/mol. The summed E-state index contributed by atoms with van der Waals surface area (Å²) in [5, 5.41) is 0. The Hall–Kier alpha value is -2.05. The summed E-state index contributed by atoms with van der Waals surface area (Å²) in [4.78, 5) is 17.4. The molecule has 2 aromatic heterocycles. The molecule has 0 bridgehead atoms. The van der Waals surface area contributed by atoms with Crippen molar-refractivity contribution in [2.45, 2.75) is 31.9 Å². The molecule has 1 aliphatic heterocycles. The second kappa shape index (κ2) is 5.22. The molecule has 0 N–H and O–H groups in total. The molecule has 4 nitrogen and oxygen atoms in total. The first-order chi connectivity index (χ1) is 11.3. The zero-order valence-electron chi connectivity index (χ0n) is 13.3. The highest BCUT2D eigenvalue weighted by Gasteiger charge is 2.43. The molecule has 2 aliphatic rings. The third-order valence-corrected chi connectivity index (χ3v) is 5.51. The Morgan fingerprint density at radius 2 is 1.92 bits per heavy atom. The second-order valence-corrected chi connectivity index (χ2v) is 6.98. The number of imidazole rings is 1. The van der Waals surface area contributed by atoms with Crippen LogP contribution in [0.1, 0.15) is 36.8 Å². The van der Waals surface area contributed by atoms with Crippen LogP contribution in [0.15, 0.2) is 24.8 Å². The van der Waals surface area contributed by atoms with Gasteiger partial charge in [0, 0.05) is 26.2 Å². The number of likely N-dealkylation sites (tertiary alicyclic amines) is 1. The lowest BCUT2D eigenvalue weighted by atomic mass is 9.94. The van der Waals surface area contributed by atoms with Gasteiger partial charge in [-0.3, -0.25) is 4.79 Å². The molecule has 1 aliphatic carbocycles. The Morgan fingerprint density at radius 1 is 1.25 bits per heavy atom. The number of nitrogens with zero attached hydrogens (tertiary/aromatic N) is 3. The molecule has 1 saturated heterocycles. The van der Waals surface area contributed by atoms with Crippen molar-refractivity contribution < 1.29 is 18.0 Å². The Morgan fingerprint density at radius 3 is 2.50 bits per heavy atom. The Bertz CT molecular complexity index is 784. The molecule has 2 fully saturated rings. The molecule has 2 aromatic rings. The topological polar surface area (TPSA) is 37.6 Å². The van der Waals surface area contributed by atoms with Gasteiger partial charge in [-0.15, -0.1) is 0 Å². The lowest BCUT2D eigenvalue weighted by Crippen LogP contribution is -2.27. The smallest absolute Gasteiger partial charge is 0.342 e. The number of aromatic nitrogens is 2. The summed E-state index contributed by atoms with van der Waals surface area (Å²) < 4.78 is 41.0. The number of alkyl halides is 3. The first kappa shape index (κ1) is 15.5. The fourth-order valence-corrected chi connectivity index (χ4v) is 4.35. The van der Waals surface area contributed by atoms with E-state index in [2.05, 4.69) is 4.98 Å². The lowest BCUT2D eigenvalue weighted by Gasteiger charge is -2.19. The number of rotatable bonds is 1. The van der Waals surface area contributed by atoms with E-state index in [1.807, 2.05) is 4.90 Å². The van der Waals surface area contributed by atoms with Gasteiger partial charge in [0.2, 0.25) is 5.91 Å². The minimum Gasteiger partial charge on any atom is -0.342 e. The van der Waals surface area contributed by atoms with E-state index in [4.69, 9.17) is 0 Å². The summed E-state index contributed by atoms with van der Waals surface area (Å²) in [6, 6.07) is 1.28. The SMILES string of the molecule is CC(=O)N1C[C@H]2CC(c3cc(C(F)(F)F)cn4cncc34)C[C@H]2C1. The van der Waals surface area contributed by atoms with E-state index in [9.17, 15) is 18.0 Å². The zero-order valence-corrected chi connectivity index (χ0v) is 13.3.